The molecule has 0 aromatic heterocycles. The first kappa shape index (κ1) is 13.2. The second kappa shape index (κ2) is 5.99. The molecule has 92 valence electrons. The van der Waals surface area contributed by atoms with Crippen molar-refractivity contribution in [1.29, 1.82) is 0 Å². The molecule has 0 spiro atoms. The quantitative estimate of drug-likeness (QED) is 0.745. The topological polar surface area (TPSA) is 26.8 Å². The molecule has 16 heavy (non-hydrogen) atoms. The van der Waals surface area contributed by atoms with Crippen LogP contribution in [0.3, 0.4) is 0 Å². The Morgan fingerprint density at radius 2 is 1.81 bits per heavy atom. The molecule has 0 unspecified atom stereocenters. The molecule has 0 aromatic carbocycles. The van der Waals surface area contributed by atoms with Gasteiger partial charge in [-0.15, -0.1) is 12.4 Å². The highest BCUT2D eigenvalue weighted by molar-refractivity contribution is 5.85. The van der Waals surface area contributed by atoms with Crippen molar-refractivity contribution in [2.75, 3.05) is 32.8 Å². The fraction of sp³-hybridized carbons (Fsp3) is 0.727. The molecule has 1 amide bonds. The maximum Gasteiger partial charge on any atom is 0.242 e. The largest absolute Gasteiger partial charge is 0.359 e. The third-order valence-electron chi connectivity index (χ3n) is 3.05. The molecule has 0 aliphatic carbocycles. The average molecular weight is 246 g/mol. The van der Waals surface area contributed by atoms with Crippen molar-refractivity contribution in [2.45, 2.75) is 19.8 Å². The van der Waals surface area contributed by atoms with Crippen molar-refractivity contribution in [3.63, 3.8) is 0 Å². The summed E-state index contributed by atoms with van der Waals surface area (Å²) >= 11 is 0. The van der Waals surface area contributed by atoms with E-state index < -0.39 is 0 Å². The molecule has 5 heteroatoms. The fourth-order valence-electron chi connectivity index (χ4n) is 2.06. The third-order valence-corrected chi connectivity index (χ3v) is 3.05. The molecule has 0 bridgehead atoms. The molecule has 0 N–H and O–H groups in total. The van der Waals surface area contributed by atoms with Gasteiger partial charge < -0.3 is 14.7 Å². The van der Waals surface area contributed by atoms with Gasteiger partial charge in [-0.25, -0.2) is 0 Å². The van der Waals surface area contributed by atoms with E-state index in [1.807, 2.05) is 11.1 Å². The first-order valence-electron chi connectivity index (χ1n) is 5.74. The van der Waals surface area contributed by atoms with Crippen molar-refractivity contribution < 1.29 is 4.79 Å². The van der Waals surface area contributed by atoms with E-state index >= 15 is 0 Å². The van der Waals surface area contributed by atoms with Gasteiger partial charge in [0.1, 0.15) is 0 Å². The molecule has 2 aliphatic rings. The van der Waals surface area contributed by atoms with Gasteiger partial charge in [-0.3, -0.25) is 4.79 Å². The van der Waals surface area contributed by atoms with Gasteiger partial charge >= 0.3 is 0 Å². The summed E-state index contributed by atoms with van der Waals surface area (Å²) in [4.78, 5) is 18.1. The van der Waals surface area contributed by atoms with Crippen molar-refractivity contribution in [3.05, 3.63) is 12.4 Å². The minimum Gasteiger partial charge on any atom is -0.359 e. The van der Waals surface area contributed by atoms with Crippen LogP contribution >= 0.6 is 12.4 Å². The van der Waals surface area contributed by atoms with E-state index in [9.17, 15) is 4.79 Å². The van der Waals surface area contributed by atoms with E-state index in [4.69, 9.17) is 0 Å². The number of amides is 1. The summed E-state index contributed by atoms with van der Waals surface area (Å²) in [5.74, 6) is 0.273. The summed E-state index contributed by atoms with van der Waals surface area (Å²) in [6, 6.07) is 0. The van der Waals surface area contributed by atoms with Crippen LogP contribution in [-0.2, 0) is 4.79 Å². The predicted molar refractivity (Wildman–Crippen MR) is 66.2 cm³/mol. The maximum absolute atomic E-state index is 11.8. The molecule has 1 saturated heterocycles. The monoisotopic (exact) mass is 245 g/mol. The first-order valence-corrected chi connectivity index (χ1v) is 5.74. The van der Waals surface area contributed by atoms with Gasteiger partial charge in [0.25, 0.3) is 0 Å². The summed E-state index contributed by atoms with van der Waals surface area (Å²) in [7, 11) is 0. The SMILES string of the molecule is CCN1C=CN(CC(=O)N2CCCC2)C1.Cl. The van der Waals surface area contributed by atoms with Crippen LogP contribution in [0, 0.1) is 0 Å². The molecule has 0 aromatic rings. The van der Waals surface area contributed by atoms with Gasteiger partial charge in [-0.05, 0) is 19.8 Å². The van der Waals surface area contributed by atoms with Crippen LogP contribution < -0.4 is 0 Å². The van der Waals surface area contributed by atoms with Crippen LogP contribution in [0.15, 0.2) is 12.4 Å². The second-order valence-corrected chi connectivity index (χ2v) is 4.18. The van der Waals surface area contributed by atoms with Crippen molar-refractivity contribution >= 4 is 18.3 Å². The number of carbonyl (C=O) groups is 1. The first-order chi connectivity index (χ1) is 7.29. The summed E-state index contributed by atoms with van der Waals surface area (Å²) < 4.78 is 0. The van der Waals surface area contributed by atoms with Crippen LogP contribution in [-0.4, -0.2) is 53.5 Å². The van der Waals surface area contributed by atoms with E-state index in [1.165, 1.54) is 12.8 Å². The number of halogens is 1. The lowest BCUT2D eigenvalue weighted by atomic mass is 10.4. The van der Waals surface area contributed by atoms with Crippen molar-refractivity contribution in [1.82, 2.24) is 14.7 Å². The zero-order chi connectivity index (χ0) is 10.7. The van der Waals surface area contributed by atoms with Crippen LogP contribution in [0.4, 0.5) is 0 Å². The van der Waals surface area contributed by atoms with Gasteiger partial charge in [0.05, 0.1) is 13.2 Å². The van der Waals surface area contributed by atoms with Crippen molar-refractivity contribution in [3.8, 4) is 0 Å². The molecule has 4 nitrogen and oxygen atoms in total. The van der Waals surface area contributed by atoms with Crippen molar-refractivity contribution in [2.24, 2.45) is 0 Å². The lowest BCUT2D eigenvalue weighted by molar-refractivity contribution is -0.130. The zero-order valence-electron chi connectivity index (χ0n) is 9.76. The number of hydrogen-bond donors (Lipinski definition) is 0. The molecule has 0 saturated carbocycles. The fourth-order valence-corrected chi connectivity index (χ4v) is 2.06. The smallest absolute Gasteiger partial charge is 0.242 e. The van der Waals surface area contributed by atoms with Crippen LogP contribution in [0.2, 0.25) is 0 Å². The highest BCUT2D eigenvalue weighted by Gasteiger charge is 2.21. The summed E-state index contributed by atoms with van der Waals surface area (Å²) in [6.45, 7) is 6.42. The lowest BCUT2D eigenvalue weighted by Crippen LogP contribution is -2.37. The standard InChI is InChI=1S/C11H19N3O.ClH/c1-2-12-7-8-13(10-12)9-11(15)14-5-3-4-6-14;/h7-8H,2-6,9-10H2,1H3;1H. The Morgan fingerprint density at radius 1 is 1.19 bits per heavy atom. The zero-order valence-corrected chi connectivity index (χ0v) is 10.6. The molecule has 2 rings (SSSR count). The number of likely N-dealkylation sites (tertiary alicyclic amines) is 1. The number of rotatable bonds is 3. The maximum atomic E-state index is 11.8. The Bertz CT molecular complexity index is 264. The molecule has 0 radical (unpaired) electrons. The lowest BCUT2D eigenvalue weighted by Gasteiger charge is -2.22. The van der Waals surface area contributed by atoms with Crippen LogP contribution in [0.25, 0.3) is 0 Å². The number of hydrogen-bond acceptors (Lipinski definition) is 3. The number of carbonyl (C=O) groups excluding carboxylic acids is 1. The summed E-state index contributed by atoms with van der Waals surface area (Å²) in [5, 5.41) is 0. The molecule has 2 heterocycles. The Kier molecular flexibility index (Phi) is 4.93. The van der Waals surface area contributed by atoms with E-state index in [0.29, 0.717) is 6.54 Å². The minimum absolute atomic E-state index is 0. The molecular formula is C11H20ClN3O. The van der Waals surface area contributed by atoms with E-state index in [1.54, 1.807) is 0 Å². The van der Waals surface area contributed by atoms with Gasteiger partial charge in [0.15, 0.2) is 0 Å². The summed E-state index contributed by atoms with van der Waals surface area (Å²) in [5.41, 5.74) is 0. The second-order valence-electron chi connectivity index (χ2n) is 4.18. The van der Waals surface area contributed by atoms with Gasteiger partial charge in [0, 0.05) is 32.0 Å². The number of nitrogens with zero attached hydrogens (tertiary/aromatic N) is 3. The average Bonchev–Trinajstić information content (AvgIpc) is 2.87. The molecule has 1 fully saturated rings. The predicted octanol–water partition coefficient (Wildman–Crippen LogP) is 1.10. The molecular weight excluding hydrogens is 226 g/mol. The molecule has 2 aliphatic heterocycles. The highest BCUT2D eigenvalue weighted by Crippen LogP contribution is 2.10. The van der Waals surface area contributed by atoms with E-state index in [0.717, 1.165) is 26.3 Å². The van der Waals surface area contributed by atoms with Gasteiger partial charge in [0.2, 0.25) is 5.91 Å². The third kappa shape index (κ3) is 3.04. The van der Waals surface area contributed by atoms with Crippen LogP contribution in [0.1, 0.15) is 19.8 Å². The Labute approximate surface area is 103 Å². The van der Waals surface area contributed by atoms with Crippen LogP contribution in [0.5, 0.6) is 0 Å². The van der Waals surface area contributed by atoms with Gasteiger partial charge in [-0.1, -0.05) is 0 Å². The Hall–Kier alpha value is -0.900. The Morgan fingerprint density at radius 3 is 2.38 bits per heavy atom. The molecule has 0 atom stereocenters. The van der Waals surface area contributed by atoms with Gasteiger partial charge in [-0.2, -0.15) is 0 Å². The highest BCUT2D eigenvalue weighted by atomic mass is 35.5. The van der Waals surface area contributed by atoms with E-state index in [-0.39, 0.29) is 18.3 Å². The minimum atomic E-state index is 0. The van der Waals surface area contributed by atoms with E-state index in [2.05, 4.69) is 22.9 Å². The summed E-state index contributed by atoms with van der Waals surface area (Å²) in [6.07, 6.45) is 6.40. The Balaban J connectivity index is 0.00000128. The normalized spacial score (nSPS) is 19.2.